The van der Waals surface area contributed by atoms with Crippen LogP contribution in [-0.2, 0) is 11.8 Å². The maximum atomic E-state index is 3.78. The van der Waals surface area contributed by atoms with Gasteiger partial charge in [-0.25, -0.2) is 0 Å². The zero-order chi connectivity index (χ0) is 2.00. The predicted molar refractivity (Wildman–Crippen MR) is 14.3 cm³/mol. The van der Waals surface area contributed by atoms with Crippen molar-refractivity contribution in [2.75, 3.05) is 0 Å². The molecule has 0 fully saturated rings. The van der Waals surface area contributed by atoms with E-state index in [0.29, 0.717) is 0 Å². The van der Waals surface area contributed by atoms with Crippen LogP contribution in [0.15, 0.2) is 0 Å². The Morgan fingerprint density at radius 3 is 1.25 bits per heavy atom. The molecule has 0 aromatic carbocycles. The van der Waals surface area contributed by atoms with Crippen molar-refractivity contribution in [3.8, 4) is 0 Å². The van der Waals surface area contributed by atoms with Gasteiger partial charge in [0.25, 0.3) is 0 Å². The molecule has 19 valence electrons. The fourth-order valence-electron chi connectivity index (χ4n) is 0. The van der Waals surface area contributed by atoms with E-state index in [1.165, 1.54) is 0 Å². The van der Waals surface area contributed by atoms with Crippen LogP contribution >= 0.6 is 8.02 Å². The van der Waals surface area contributed by atoms with E-state index in [0.717, 1.165) is 0 Å². The van der Waals surface area contributed by atoms with Crippen molar-refractivity contribution in [2.24, 2.45) is 0 Å². The Labute approximate surface area is 51.2 Å². The second-order valence-electron chi connectivity index (χ2n) is 0. The van der Waals surface area contributed by atoms with Crippen molar-refractivity contribution in [1.82, 2.24) is 0 Å². The third-order valence-corrected chi connectivity index (χ3v) is 0. The Balaban J connectivity index is -0.00000000500. The fraction of sp³-hybridized carbons (Fsp3) is 0. The molecule has 1 radical (unpaired) electrons. The molecule has 0 N–H and O–H groups in total. The van der Waals surface area contributed by atoms with Gasteiger partial charge in [0.2, 0.25) is 0 Å². The van der Waals surface area contributed by atoms with E-state index in [1.807, 2.05) is 0 Å². The van der Waals surface area contributed by atoms with Gasteiger partial charge in [-0.15, -0.1) is 0 Å². The van der Waals surface area contributed by atoms with Crippen LogP contribution in [0.4, 0.5) is 0 Å². The van der Waals surface area contributed by atoms with Crippen LogP contribution in [0, 0.1) is 0 Å². The SMILES string of the molecule is [Cl-].[Li+].[P]=S. The number of halogens is 1. The van der Waals surface area contributed by atoms with Crippen LogP contribution < -0.4 is 31.3 Å². The Kier molecular flexibility index (Phi) is 117. The van der Waals surface area contributed by atoms with Gasteiger partial charge in [-0.1, -0.05) is 0 Å². The van der Waals surface area contributed by atoms with E-state index >= 15 is 0 Å². The summed E-state index contributed by atoms with van der Waals surface area (Å²) in [6.45, 7) is 0. The molecule has 0 amide bonds. The van der Waals surface area contributed by atoms with Crippen molar-refractivity contribution in [2.45, 2.75) is 0 Å². The molecule has 0 aliphatic carbocycles. The molecule has 4 heteroatoms. The first-order valence-corrected chi connectivity index (χ1v) is 1.64. The number of hydrogen-bond acceptors (Lipinski definition) is 1. The second kappa shape index (κ2) is 25.8. The summed E-state index contributed by atoms with van der Waals surface area (Å²) in [5.41, 5.74) is 0. The molecular weight excluding hydrogens is 105 g/mol. The predicted octanol–water partition coefficient (Wildman–Crippen LogP) is -5.13. The number of rotatable bonds is 0. The average Bonchev–Trinajstić information content (AvgIpc) is 1.00. The molecule has 0 rings (SSSR count). The van der Waals surface area contributed by atoms with Gasteiger partial charge in [0, 0.05) is 8.02 Å². The summed E-state index contributed by atoms with van der Waals surface area (Å²) in [5.74, 6) is 0. The van der Waals surface area contributed by atoms with Gasteiger partial charge in [0.05, 0.1) is 0 Å². The van der Waals surface area contributed by atoms with E-state index < -0.39 is 0 Å². The van der Waals surface area contributed by atoms with Crippen molar-refractivity contribution in [3.05, 3.63) is 0 Å². The maximum absolute atomic E-state index is 3.78. The molecule has 0 aliphatic heterocycles. The topological polar surface area (TPSA) is 0 Å². The average molecular weight is 105 g/mol. The third kappa shape index (κ3) is 9.97. The van der Waals surface area contributed by atoms with Crippen LogP contribution in [0.3, 0.4) is 0 Å². The standard InChI is InChI=1S/ClH.Li.PS/c;;1-2/h1H;;/q;+1;/p-1. The van der Waals surface area contributed by atoms with Gasteiger partial charge < -0.3 is 12.4 Å². The molecule has 0 aromatic heterocycles. The normalized spacial score (nSPS) is 1.00. The Morgan fingerprint density at radius 2 is 1.25 bits per heavy atom. The molecule has 0 aliphatic rings. The van der Waals surface area contributed by atoms with E-state index in [1.54, 1.807) is 0 Å². The summed E-state index contributed by atoms with van der Waals surface area (Å²) in [5, 5.41) is 0. The largest absolute Gasteiger partial charge is 1.00 e. The van der Waals surface area contributed by atoms with Crippen molar-refractivity contribution < 1.29 is 31.3 Å². The molecule has 0 aromatic rings. The Bertz CT molecular complexity index is 8.00. The fourth-order valence-corrected chi connectivity index (χ4v) is 0. The summed E-state index contributed by atoms with van der Waals surface area (Å²) in [4.78, 5) is 0. The van der Waals surface area contributed by atoms with Gasteiger partial charge in [0.1, 0.15) is 0 Å². The molecule has 4 heavy (non-hydrogen) atoms. The molecule has 0 nitrogen and oxygen atoms in total. The zero-order valence-corrected chi connectivity index (χ0v) is 4.70. The summed E-state index contributed by atoms with van der Waals surface area (Å²) in [6.07, 6.45) is 0. The molecule has 0 atom stereocenters. The molecule has 0 saturated carbocycles. The molecule has 0 bridgehead atoms. The minimum absolute atomic E-state index is 0. The van der Waals surface area contributed by atoms with Crippen molar-refractivity contribution in [3.63, 3.8) is 0 Å². The first-order chi connectivity index (χ1) is 1.00. The van der Waals surface area contributed by atoms with Crippen LogP contribution in [-0.4, -0.2) is 0 Å². The molecular formula is ClLiPS. The summed E-state index contributed by atoms with van der Waals surface area (Å²) in [6, 6.07) is 0. The monoisotopic (exact) mass is 105 g/mol. The minimum atomic E-state index is 0. The van der Waals surface area contributed by atoms with Crippen molar-refractivity contribution in [1.29, 1.82) is 0 Å². The third-order valence-electron chi connectivity index (χ3n) is 0. The van der Waals surface area contributed by atoms with E-state index in [2.05, 4.69) is 19.8 Å². The van der Waals surface area contributed by atoms with Gasteiger partial charge in [-0.05, 0) is 11.8 Å². The first kappa shape index (κ1) is 18.1. The van der Waals surface area contributed by atoms with E-state index in [-0.39, 0.29) is 31.3 Å². The van der Waals surface area contributed by atoms with Crippen LogP contribution in [0.2, 0.25) is 0 Å². The van der Waals surface area contributed by atoms with Gasteiger partial charge >= 0.3 is 18.9 Å². The summed E-state index contributed by atoms with van der Waals surface area (Å²) in [7, 11) is 3.11. The quantitative estimate of drug-likeness (QED) is 0.219. The maximum Gasteiger partial charge on any atom is 1.00 e. The van der Waals surface area contributed by atoms with Crippen LogP contribution in [0.1, 0.15) is 0 Å². The molecule has 0 unspecified atom stereocenters. The van der Waals surface area contributed by atoms with Gasteiger partial charge in [-0.3, -0.25) is 0 Å². The van der Waals surface area contributed by atoms with Crippen LogP contribution in [0.25, 0.3) is 0 Å². The Hall–Kier alpha value is 1.41. The Morgan fingerprint density at radius 1 is 1.25 bits per heavy atom. The smallest absolute Gasteiger partial charge is 1.00 e. The summed E-state index contributed by atoms with van der Waals surface area (Å²) >= 11 is 3.78. The number of hydrogen-bond donors (Lipinski definition) is 0. The molecule has 0 saturated heterocycles. The first-order valence-electron chi connectivity index (χ1n) is 0.183. The van der Waals surface area contributed by atoms with Gasteiger partial charge in [-0.2, -0.15) is 0 Å². The molecule has 0 spiro atoms. The summed E-state index contributed by atoms with van der Waals surface area (Å²) < 4.78 is 0. The molecule has 0 heterocycles. The minimum Gasteiger partial charge on any atom is -1.00 e. The van der Waals surface area contributed by atoms with Crippen molar-refractivity contribution >= 4 is 19.8 Å². The van der Waals surface area contributed by atoms with Crippen LogP contribution in [0.5, 0.6) is 0 Å². The second-order valence-corrected chi connectivity index (χ2v) is 0. The van der Waals surface area contributed by atoms with Gasteiger partial charge in [0.15, 0.2) is 0 Å². The zero-order valence-electron chi connectivity index (χ0n) is 2.23. The van der Waals surface area contributed by atoms with E-state index in [9.17, 15) is 0 Å². The van der Waals surface area contributed by atoms with E-state index in [4.69, 9.17) is 0 Å².